The Bertz CT molecular complexity index is 132. The van der Waals surface area contributed by atoms with E-state index in [-0.39, 0.29) is 0 Å². The summed E-state index contributed by atoms with van der Waals surface area (Å²) in [5.74, 6) is 1.14. The molecule has 0 aliphatic rings. The number of rotatable bonds is 6. The predicted molar refractivity (Wildman–Crippen MR) is 59.9 cm³/mol. The Morgan fingerprint density at radius 1 is 1.50 bits per heavy atom. The summed E-state index contributed by atoms with van der Waals surface area (Å²) in [6.07, 6.45) is 0. The summed E-state index contributed by atoms with van der Waals surface area (Å²) in [5, 5.41) is 4.13. The van der Waals surface area contributed by atoms with Gasteiger partial charge in [0.15, 0.2) is 0 Å². The molecular weight excluding hydrogens is 166 g/mol. The standard InChI is InChI=1S/C10H21NS/c1-6-11-10(8(2)3)7-12-9(4)5/h9-11H,2,6-7H2,1,3-5H3. The molecule has 0 aliphatic carbocycles. The van der Waals surface area contributed by atoms with Crippen molar-refractivity contribution in [2.75, 3.05) is 12.3 Å². The van der Waals surface area contributed by atoms with E-state index in [0.29, 0.717) is 11.3 Å². The van der Waals surface area contributed by atoms with Gasteiger partial charge in [0.05, 0.1) is 0 Å². The Morgan fingerprint density at radius 2 is 2.08 bits per heavy atom. The van der Waals surface area contributed by atoms with E-state index < -0.39 is 0 Å². The molecule has 1 nitrogen and oxygen atoms in total. The van der Waals surface area contributed by atoms with Crippen molar-refractivity contribution in [2.45, 2.75) is 39.0 Å². The smallest absolute Gasteiger partial charge is 0.0365 e. The van der Waals surface area contributed by atoms with Gasteiger partial charge in [-0.3, -0.25) is 0 Å². The summed E-state index contributed by atoms with van der Waals surface area (Å²) in [5.41, 5.74) is 1.24. The fourth-order valence-corrected chi connectivity index (χ4v) is 1.89. The monoisotopic (exact) mass is 187 g/mol. The van der Waals surface area contributed by atoms with Gasteiger partial charge in [0.25, 0.3) is 0 Å². The molecule has 0 aromatic rings. The highest BCUT2D eigenvalue weighted by molar-refractivity contribution is 7.99. The third-order valence-electron chi connectivity index (χ3n) is 1.64. The second-order valence-electron chi connectivity index (χ2n) is 3.34. The average Bonchev–Trinajstić information content (AvgIpc) is 1.96. The maximum absolute atomic E-state index is 3.98. The van der Waals surface area contributed by atoms with E-state index in [1.165, 1.54) is 5.57 Å². The summed E-state index contributed by atoms with van der Waals surface area (Å²) in [4.78, 5) is 0. The van der Waals surface area contributed by atoms with Gasteiger partial charge in [0.1, 0.15) is 0 Å². The average molecular weight is 187 g/mol. The molecule has 0 aromatic carbocycles. The van der Waals surface area contributed by atoms with Gasteiger partial charge in [-0.15, -0.1) is 0 Å². The second-order valence-corrected chi connectivity index (χ2v) is 4.95. The van der Waals surface area contributed by atoms with Gasteiger partial charge in [0.2, 0.25) is 0 Å². The van der Waals surface area contributed by atoms with Crippen molar-refractivity contribution in [3.63, 3.8) is 0 Å². The minimum absolute atomic E-state index is 0.488. The van der Waals surface area contributed by atoms with Gasteiger partial charge in [-0.25, -0.2) is 0 Å². The van der Waals surface area contributed by atoms with Gasteiger partial charge < -0.3 is 5.32 Å². The highest BCUT2D eigenvalue weighted by Crippen LogP contribution is 2.13. The summed E-state index contributed by atoms with van der Waals surface area (Å²) in [6.45, 7) is 13.7. The predicted octanol–water partition coefficient (Wildman–Crippen LogP) is 2.68. The number of hydrogen-bond donors (Lipinski definition) is 1. The van der Waals surface area contributed by atoms with Crippen molar-refractivity contribution >= 4 is 11.8 Å². The van der Waals surface area contributed by atoms with E-state index in [0.717, 1.165) is 12.3 Å². The zero-order valence-corrected chi connectivity index (χ0v) is 9.50. The van der Waals surface area contributed by atoms with Crippen LogP contribution in [-0.4, -0.2) is 23.6 Å². The molecule has 12 heavy (non-hydrogen) atoms. The van der Waals surface area contributed by atoms with Crippen LogP contribution in [-0.2, 0) is 0 Å². The molecule has 0 aromatic heterocycles. The summed E-state index contributed by atoms with van der Waals surface area (Å²) >= 11 is 1.98. The Hall–Kier alpha value is 0.0500. The van der Waals surface area contributed by atoms with E-state index in [9.17, 15) is 0 Å². The van der Waals surface area contributed by atoms with Crippen molar-refractivity contribution in [3.8, 4) is 0 Å². The molecule has 1 N–H and O–H groups in total. The number of nitrogens with one attached hydrogen (secondary N) is 1. The van der Waals surface area contributed by atoms with E-state index in [1.54, 1.807) is 0 Å². The molecule has 0 bridgehead atoms. The Labute approximate surface area is 81.0 Å². The lowest BCUT2D eigenvalue weighted by Gasteiger charge is -2.18. The van der Waals surface area contributed by atoms with Crippen LogP contribution in [0.25, 0.3) is 0 Å². The SMILES string of the molecule is C=C(C)C(CSC(C)C)NCC. The Balaban J connectivity index is 3.71. The summed E-state index contributed by atoms with van der Waals surface area (Å²) in [6, 6.07) is 0.488. The van der Waals surface area contributed by atoms with Crippen LogP contribution in [0.3, 0.4) is 0 Å². The largest absolute Gasteiger partial charge is 0.310 e. The fourth-order valence-electron chi connectivity index (χ4n) is 0.910. The first-order valence-electron chi connectivity index (χ1n) is 4.58. The quantitative estimate of drug-likeness (QED) is 0.642. The fraction of sp³-hybridized carbons (Fsp3) is 0.800. The first-order valence-corrected chi connectivity index (χ1v) is 5.63. The van der Waals surface area contributed by atoms with Crippen molar-refractivity contribution in [3.05, 3.63) is 12.2 Å². The van der Waals surface area contributed by atoms with Crippen LogP contribution in [0.4, 0.5) is 0 Å². The van der Waals surface area contributed by atoms with Gasteiger partial charge >= 0.3 is 0 Å². The molecule has 0 aliphatic heterocycles. The van der Waals surface area contributed by atoms with E-state index >= 15 is 0 Å². The van der Waals surface area contributed by atoms with Crippen LogP contribution < -0.4 is 5.32 Å². The first-order chi connectivity index (χ1) is 5.57. The molecule has 0 rings (SSSR count). The third kappa shape index (κ3) is 5.67. The van der Waals surface area contributed by atoms with E-state index in [1.807, 2.05) is 11.8 Å². The van der Waals surface area contributed by atoms with E-state index in [2.05, 4.69) is 39.6 Å². The van der Waals surface area contributed by atoms with Gasteiger partial charge in [-0.2, -0.15) is 11.8 Å². The molecule has 0 radical (unpaired) electrons. The molecule has 0 saturated heterocycles. The molecule has 0 heterocycles. The summed E-state index contributed by atoms with van der Waals surface area (Å²) < 4.78 is 0. The first kappa shape index (κ1) is 12.0. The van der Waals surface area contributed by atoms with E-state index in [4.69, 9.17) is 0 Å². The minimum atomic E-state index is 0.488. The van der Waals surface area contributed by atoms with Gasteiger partial charge in [-0.05, 0) is 18.7 Å². The van der Waals surface area contributed by atoms with Crippen molar-refractivity contribution in [1.82, 2.24) is 5.32 Å². The molecule has 0 fully saturated rings. The molecular formula is C10H21NS. The van der Waals surface area contributed by atoms with Crippen LogP contribution in [0.1, 0.15) is 27.7 Å². The number of hydrogen-bond acceptors (Lipinski definition) is 2. The van der Waals surface area contributed by atoms with Crippen LogP contribution in [0.2, 0.25) is 0 Å². The summed E-state index contributed by atoms with van der Waals surface area (Å²) in [7, 11) is 0. The van der Waals surface area contributed by atoms with Crippen molar-refractivity contribution in [1.29, 1.82) is 0 Å². The third-order valence-corrected chi connectivity index (χ3v) is 2.83. The maximum Gasteiger partial charge on any atom is 0.0365 e. The topological polar surface area (TPSA) is 12.0 Å². The van der Waals surface area contributed by atoms with Crippen molar-refractivity contribution in [2.24, 2.45) is 0 Å². The van der Waals surface area contributed by atoms with Gasteiger partial charge in [-0.1, -0.05) is 32.9 Å². The lowest BCUT2D eigenvalue weighted by Crippen LogP contribution is -2.32. The molecule has 1 unspecified atom stereocenters. The highest BCUT2D eigenvalue weighted by Gasteiger charge is 2.08. The molecule has 2 heteroatoms. The van der Waals surface area contributed by atoms with Crippen molar-refractivity contribution < 1.29 is 0 Å². The Kier molecular flexibility index (Phi) is 6.58. The number of thioether (sulfide) groups is 1. The zero-order chi connectivity index (χ0) is 9.56. The molecule has 1 atom stereocenters. The van der Waals surface area contributed by atoms with Crippen LogP contribution in [0, 0.1) is 0 Å². The van der Waals surface area contributed by atoms with Crippen LogP contribution in [0.5, 0.6) is 0 Å². The normalized spacial score (nSPS) is 13.4. The molecule has 72 valence electrons. The lowest BCUT2D eigenvalue weighted by atomic mass is 10.2. The van der Waals surface area contributed by atoms with Gasteiger partial charge in [0, 0.05) is 11.8 Å². The maximum atomic E-state index is 3.98. The second kappa shape index (κ2) is 6.55. The van der Waals surface area contributed by atoms with Crippen LogP contribution >= 0.6 is 11.8 Å². The molecule has 0 saturated carbocycles. The van der Waals surface area contributed by atoms with Crippen LogP contribution in [0.15, 0.2) is 12.2 Å². The highest BCUT2D eigenvalue weighted by atomic mass is 32.2. The molecule has 0 spiro atoms. The lowest BCUT2D eigenvalue weighted by molar-refractivity contribution is 0.641. The molecule has 0 amide bonds. The zero-order valence-electron chi connectivity index (χ0n) is 8.68. The Morgan fingerprint density at radius 3 is 2.42 bits per heavy atom. The number of likely N-dealkylation sites (N-methyl/N-ethyl adjacent to an activating group) is 1. The minimum Gasteiger partial charge on any atom is -0.310 e.